The minimum Gasteiger partial charge on any atom is -0.278 e. The molecule has 3 rings (SSSR count). The molecule has 0 saturated carbocycles. The van der Waals surface area contributed by atoms with Gasteiger partial charge in [0.1, 0.15) is 11.6 Å². The molecule has 0 fully saturated rings. The second-order valence-corrected chi connectivity index (χ2v) is 4.11. The number of hydrogen-bond donors (Lipinski definition) is 0. The van der Waals surface area contributed by atoms with E-state index in [0.717, 1.165) is 0 Å². The number of nitrogens with zero attached hydrogens (tertiary/aromatic N) is 2. The van der Waals surface area contributed by atoms with Crippen LogP contribution in [0.1, 0.15) is 11.1 Å². The van der Waals surface area contributed by atoms with Gasteiger partial charge < -0.3 is 0 Å². The van der Waals surface area contributed by atoms with E-state index in [0.29, 0.717) is 23.5 Å². The van der Waals surface area contributed by atoms with Gasteiger partial charge in [-0.15, -0.1) is 0 Å². The predicted molar refractivity (Wildman–Crippen MR) is 71.5 cm³/mol. The Balaban J connectivity index is 2.25. The molecule has 0 bridgehead atoms. The first-order valence-corrected chi connectivity index (χ1v) is 5.88. The number of fused-ring (bicyclic) bond motifs is 1. The molecule has 0 amide bonds. The Bertz CT molecular complexity index is 670. The van der Waals surface area contributed by atoms with Crippen LogP contribution in [0.25, 0.3) is 0 Å². The molecule has 0 saturated heterocycles. The van der Waals surface area contributed by atoms with Gasteiger partial charge in [-0.3, -0.25) is 9.98 Å². The highest BCUT2D eigenvalue weighted by Gasteiger charge is 2.19. The molecule has 1 heterocycles. The van der Waals surface area contributed by atoms with E-state index >= 15 is 0 Å². The quantitative estimate of drug-likeness (QED) is 0.745. The van der Waals surface area contributed by atoms with Crippen LogP contribution in [0.5, 0.6) is 0 Å². The van der Waals surface area contributed by atoms with Gasteiger partial charge in [0.05, 0.1) is 23.5 Å². The molecule has 0 aromatic heterocycles. The number of aliphatic imine (C=N–C) groups is 2. The second kappa shape index (κ2) is 4.72. The number of halogens is 2. The molecule has 2 aromatic rings. The van der Waals surface area contributed by atoms with Crippen LogP contribution in [0.2, 0.25) is 0 Å². The van der Waals surface area contributed by atoms with Crippen molar-refractivity contribution >= 4 is 17.6 Å². The van der Waals surface area contributed by atoms with Crippen LogP contribution in [-0.4, -0.2) is 18.5 Å². The van der Waals surface area contributed by atoms with Gasteiger partial charge in [0.2, 0.25) is 0 Å². The fraction of sp³-hybridized carbons (Fsp3) is 0.0667. The van der Waals surface area contributed by atoms with Gasteiger partial charge in [-0.25, -0.2) is 8.78 Å². The summed E-state index contributed by atoms with van der Waals surface area (Å²) in [6, 6.07) is 11.0. The molecule has 2 nitrogen and oxygen atoms in total. The van der Waals surface area contributed by atoms with E-state index in [2.05, 4.69) is 9.98 Å². The number of rotatable bonds is 1. The van der Waals surface area contributed by atoms with E-state index in [1.165, 1.54) is 18.2 Å². The van der Waals surface area contributed by atoms with E-state index < -0.39 is 11.6 Å². The molecule has 94 valence electrons. The summed E-state index contributed by atoms with van der Waals surface area (Å²) in [6.07, 6.45) is 1.63. The predicted octanol–water partition coefficient (Wildman–Crippen LogP) is 3.52. The Morgan fingerprint density at radius 3 is 2.42 bits per heavy atom. The zero-order valence-corrected chi connectivity index (χ0v) is 9.98. The van der Waals surface area contributed by atoms with Gasteiger partial charge in [0.25, 0.3) is 0 Å². The van der Waals surface area contributed by atoms with Crippen molar-refractivity contribution in [3.63, 3.8) is 0 Å². The highest BCUT2D eigenvalue weighted by Crippen LogP contribution is 2.26. The summed E-state index contributed by atoms with van der Waals surface area (Å²) in [7, 11) is 0. The maximum Gasteiger partial charge on any atom is 0.135 e. The molecule has 19 heavy (non-hydrogen) atoms. The first-order chi connectivity index (χ1) is 9.27. The summed E-state index contributed by atoms with van der Waals surface area (Å²) in [4.78, 5) is 8.48. The maximum absolute atomic E-state index is 13.9. The Morgan fingerprint density at radius 2 is 1.63 bits per heavy atom. The van der Waals surface area contributed by atoms with E-state index in [9.17, 15) is 8.78 Å². The third-order valence-electron chi connectivity index (χ3n) is 2.92. The van der Waals surface area contributed by atoms with E-state index in [-0.39, 0.29) is 5.56 Å². The van der Waals surface area contributed by atoms with Gasteiger partial charge in [0.15, 0.2) is 0 Å². The first-order valence-electron chi connectivity index (χ1n) is 5.88. The monoisotopic (exact) mass is 256 g/mol. The van der Waals surface area contributed by atoms with Gasteiger partial charge in [-0.2, -0.15) is 0 Å². The lowest BCUT2D eigenvalue weighted by Crippen LogP contribution is -2.09. The summed E-state index contributed by atoms with van der Waals surface area (Å²) in [5, 5.41) is 0. The van der Waals surface area contributed by atoms with Gasteiger partial charge in [0, 0.05) is 11.8 Å². The normalized spacial score (nSPS) is 13.7. The van der Waals surface area contributed by atoms with Crippen LogP contribution in [0, 0.1) is 11.6 Å². The Labute approximate surface area is 109 Å². The van der Waals surface area contributed by atoms with Crippen molar-refractivity contribution in [2.24, 2.45) is 9.98 Å². The smallest absolute Gasteiger partial charge is 0.135 e. The van der Waals surface area contributed by atoms with E-state index in [1.807, 2.05) is 6.07 Å². The minimum atomic E-state index is -0.615. The largest absolute Gasteiger partial charge is 0.278 e. The van der Waals surface area contributed by atoms with Crippen molar-refractivity contribution in [1.82, 2.24) is 0 Å². The molecular weight excluding hydrogens is 246 g/mol. The fourth-order valence-corrected chi connectivity index (χ4v) is 2.08. The van der Waals surface area contributed by atoms with Crippen LogP contribution in [0.4, 0.5) is 14.5 Å². The molecule has 0 unspecified atom stereocenters. The summed E-state index contributed by atoms with van der Waals surface area (Å²) < 4.78 is 27.8. The lowest BCUT2D eigenvalue weighted by atomic mass is 10.00. The van der Waals surface area contributed by atoms with Gasteiger partial charge in [-0.05, 0) is 18.2 Å². The number of para-hydroxylation sites is 1. The number of benzene rings is 2. The summed E-state index contributed by atoms with van der Waals surface area (Å²) >= 11 is 0. The highest BCUT2D eigenvalue weighted by molar-refractivity contribution is 6.16. The summed E-state index contributed by atoms with van der Waals surface area (Å²) in [5.74, 6) is -1.23. The van der Waals surface area contributed by atoms with Crippen LogP contribution in [0.15, 0.2) is 52.4 Å². The van der Waals surface area contributed by atoms with Crippen LogP contribution in [-0.2, 0) is 0 Å². The molecule has 0 spiro atoms. The van der Waals surface area contributed by atoms with Crippen LogP contribution in [0.3, 0.4) is 0 Å². The van der Waals surface area contributed by atoms with Crippen molar-refractivity contribution in [2.75, 3.05) is 6.54 Å². The van der Waals surface area contributed by atoms with E-state index in [1.54, 1.807) is 24.4 Å². The molecular formula is C15H10F2N2. The van der Waals surface area contributed by atoms with Crippen molar-refractivity contribution in [1.29, 1.82) is 0 Å². The SMILES string of the molecule is Fc1cccc(F)c1C1=NCC=Nc2ccccc21. The first kappa shape index (κ1) is 11.7. The molecule has 4 heteroatoms. The summed E-state index contributed by atoms with van der Waals surface area (Å²) in [6.45, 7) is 0.303. The van der Waals surface area contributed by atoms with Gasteiger partial charge >= 0.3 is 0 Å². The highest BCUT2D eigenvalue weighted by atomic mass is 19.1. The number of hydrogen-bond acceptors (Lipinski definition) is 2. The van der Waals surface area contributed by atoms with Crippen molar-refractivity contribution in [2.45, 2.75) is 0 Å². The second-order valence-electron chi connectivity index (χ2n) is 4.11. The Hall–Kier alpha value is -2.36. The van der Waals surface area contributed by atoms with E-state index in [4.69, 9.17) is 0 Å². The molecule has 1 aliphatic heterocycles. The van der Waals surface area contributed by atoms with Crippen LogP contribution < -0.4 is 0 Å². The minimum absolute atomic E-state index is 0.0968. The molecule has 0 radical (unpaired) electrons. The van der Waals surface area contributed by atoms with Crippen molar-refractivity contribution < 1.29 is 8.78 Å². The molecule has 2 aromatic carbocycles. The lowest BCUT2D eigenvalue weighted by molar-refractivity contribution is 0.579. The topological polar surface area (TPSA) is 24.7 Å². The maximum atomic E-state index is 13.9. The zero-order valence-electron chi connectivity index (χ0n) is 9.98. The fourth-order valence-electron chi connectivity index (χ4n) is 2.08. The molecule has 0 atom stereocenters. The van der Waals surface area contributed by atoms with Crippen molar-refractivity contribution in [3.8, 4) is 0 Å². The third-order valence-corrected chi connectivity index (χ3v) is 2.92. The Morgan fingerprint density at radius 1 is 0.895 bits per heavy atom. The third kappa shape index (κ3) is 2.05. The van der Waals surface area contributed by atoms with Crippen LogP contribution >= 0.6 is 0 Å². The molecule has 1 aliphatic rings. The summed E-state index contributed by atoms with van der Waals surface area (Å²) in [5.41, 5.74) is 1.52. The molecule has 0 N–H and O–H groups in total. The average molecular weight is 256 g/mol. The zero-order chi connectivity index (χ0) is 13.2. The Kier molecular flexibility index (Phi) is 2.91. The van der Waals surface area contributed by atoms with Gasteiger partial charge in [-0.1, -0.05) is 24.3 Å². The lowest BCUT2D eigenvalue weighted by Gasteiger charge is -2.10. The standard InChI is InChI=1S/C15H10F2N2/c16-11-5-3-6-12(17)14(11)15-10-4-1-2-7-13(10)18-8-9-19-15/h1-8H,9H2. The van der Waals surface area contributed by atoms with Crippen molar-refractivity contribution in [3.05, 3.63) is 65.2 Å². The average Bonchev–Trinajstić information content (AvgIpc) is 2.62. The molecule has 0 aliphatic carbocycles.